The molecule has 0 bridgehead atoms. The first-order chi connectivity index (χ1) is 12.0. The molecule has 130 valence electrons. The Kier molecular flexibility index (Phi) is 6.22. The molecule has 2 aromatic carbocycles. The van der Waals surface area contributed by atoms with E-state index < -0.39 is 24.3 Å². The standard InChI is InChI=1S/C18H17FN2O4/c1-2-20-17(23)12-6-5-7-13(10-12)21-16(22)11-25-18(24)14-8-3-4-9-15(14)19/h3-10H,2,11H2,1H3,(H,20,23)(H,21,22). The van der Waals surface area contributed by atoms with Crippen LogP contribution in [0.1, 0.15) is 27.6 Å². The van der Waals surface area contributed by atoms with Crippen molar-refractivity contribution in [3.8, 4) is 0 Å². The minimum absolute atomic E-state index is 0.242. The average Bonchev–Trinajstić information content (AvgIpc) is 2.60. The van der Waals surface area contributed by atoms with Gasteiger partial charge >= 0.3 is 5.97 Å². The molecule has 0 atom stereocenters. The summed E-state index contributed by atoms with van der Waals surface area (Å²) in [6, 6.07) is 11.7. The first-order valence-electron chi connectivity index (χ1n) is 7.61. The van der Waals surface area contributed by atoms with E-state index in [1.807, 2.05) is 0 Å². The Balaban J connectivity index is 1.92. The number of hydrogen-bond donors (Lipinski definition) is 2. The van der Waals surface area contributed by atoms with Crippen molar-refractivity contribution >= 4 is 23.5 Å². The molecule has 0 heterocycles. The summed E-state index contributed by atoms with van der Waals surface area (Å²) < 4.78 is 18.2. The average molecular weight is 344 g/mol. The van der Waals surface area contributed by atoms with Crippen molar-refractivity contribution in [1.82, 2.24) is 5.32 Å². The molecule has 25 heavy (non-hydrogen) atoms. The maximum Gasteiger partial charge on any atom is 0.341 e. The van der Waals surface area contributed by atoms with E-state index in [1.54, 1.807) is 25.1 Å². The number of esters is 1. The Bertz CT molecular complexity index is 792. The van der Waals surface area contributed by atoms with Crippen molar-refractivity contribution in [3.63, 3.8) is 0 Å². The van der Waals surface area contributed by atoms with Crippen LogP contribution in [0.15, 0.2) is 48.5 Å². The topological polar surface area (TPSA) is 84.5 Å². The highest BCUT2D eigenvalue weighted by molar-refractivity contribution is 5.98. The first kappa shape index (κ1) is 18.1. The number of ether oxygens (including phenoxy) is 1. The van der Waals surface area contributed by atoms with Crippen LogP contribution >= 0.6 is 0 Å². The van der Waals surface area contributed by atoms with Crippen LogP contribution < -0.4 is 10.6 Å². The highest BCUT2D eigenvalue weighted by Crippen LogP contribution is 2.11. The Morgan fingerprint density at radius 1 is 1.08 bits per heavy atom. The van der Waals surface area contributed by atoms with E-state index in [1.165, 1.54) is 24.3 Å². The van der Waals surface area contributed by atoms with Crippen LogP contribution in [-0.4, -0.2) is 30.9 Å². The third-order valence-corrected chi connectivity index (χ3v) is 3.17. The third-order valence-electron chi connectivity index (χ3n) is 3.17. The molecule has 2 amide bonds. The van der Waals surface area contributed by atoms with E-state index in [0.717, 1.165) is 6.07 Å². The molecule has 0 aromatic heterocycles. The van der Waals surface area contributed by atoms with E-state index >= 15 is 0 Å². The van der Waals surface area contributed by atoms with Gasteiger partial charge in [0.2, 0.25) is 0 Å². The Morgan fingerprint density at radius 3 is 2.56 bits per heavy atom. The summed E-state index contributed by atoms with van der Waals surface area (Å²) in [5.41, 5.74) is 0.534. The summed E-state index contributed by atoms with van der Waals surface area (Å²) in [5.74, 6) is -2.51. The van der Waals surface area contributed by atoms with Crippen molar-refractivity contribution in [1.29, 1.82) is 0 Å². The summed E-state index contributed by atoms with van der Waals surface area (Å²) >= 11 is 0. The predicted octanol–water partition coefficient (Wildman–Crippen LogP) is 2.37. The van der Waals surface area contributed by atoms with Crippen LogP contribution in [0.5, 0.6) is 0 Å². The fourth-order valence-electron chi connectivity index (χ4n) is 2.03. The van der Waals surface area contributed by atoms with Crippen LogP contribution in [0, 0.1) is 5.82 Å². The summed E-state index contributed by atoms with van der Waals surface area (Å²) in [6.07, 6.45) is 0. The maximum atomic E-state index is 13.5. The summed E-state index contributed by atoms with van der Waals surface area (Å²) in [5, 5.41) is 5.16. The summed E-state index contributed by atoms with van der Waals surface area (Å²) in [4.78, 5) is 35.4. The lowest BCUT2D eigenvalue weighted by atomic mass is 10.2. The molecular formula is C18H17FN2O4. The van der Waals surface area contributed by atoms with Gasteiger partial charge in [-0.1, -0.05) is 18.2 Å². The van der Waals surface area contributed by atoms with Crippen LogP contribution in [0.4, 0.5) is 10.1 Å². The zero-order valence-electron chi connectivity index (χ0n) is 13.5. The van der Waals surface area contributed by atoms with Gasteiger partial charge < -0.3 is 15.4 Å². The molecule has 2 aromatic rings. The van der Waals surface area contributed by atoms with Crippen molar-refractivity contribution in [3.05, 3.63) is 65.5 Å². The number of amides is 2. The van der Waals surface area contributed by atoms with E-state index in [4.69, 9.17) is 4.74 Å². The zero-order valence-corrected chi connectivity index (χ0v) is 13.5. The quantitative estimate of drug-likeness (QED) is 0.788. The molecule has 0 unspecified atom stereocenters. The molecule has 0 spiro atoms. The second-order valence-corrected chi connectivity index (χ2v) is 5.04. The Hall–Kier alpha value is -3.22. The van der Waals surface area contributed by atoms with Crippen molar-refractivity contribution in [2.75, 3.05) is 18.5 Å². The number of carbonyl (C=O) groups is 3. The van der Waals surface area contributed by atoms with Crippen molar-refractivity contribution in [2.45, 2.75) is 6.92 Å². The van der Waals surface area contributed by atoms with E-state index in [2.05, 4.69) is 10.6 Å². The zero-order chi connectivity index (χ0) is 18.2. The first-order valence-corrected chi connectivity index (χ1v) is 7.61. The number of anilines is 1. The predicted molar refractivity (Wildman–Crippen MR) is 89.8 cm³/mol. The van der Waals surface area contributed by atoms with Crippen molar-refractivity contribution < 1.29 is 23.5 Å². The largest absolute Gasteiger partial charge is 0.452 e. The van der Waals surface area contributed by atoms with Crippen LogP contribution in [-0.2, 0) is 9.53 Å². The van der Waals surface area contributed by atoms with E-state index in [-0.39, 0.29) is 11.5 Å². The number of hydrogen-bond acceptors (Lipinski definition) is 4. The highest BCUT2D eigenvalue weighted by Gasteiger charge is 2.14. The van der Waals surface area contributed by atoms with E-state index in [9.17, 15) is 18.8 Å². The minimum Gasteiger partial charge on any atom is -0.452 e. The Labute approximate surface area is 144 Å². The summed E-state index contributed by atoms with van der Waals surface area (Å²) in [7, 11) is 0. The molecule has 7 heteroatoms. The second-order valence-electron chi connectivity index (χ2n) is 5.04. The monoisotopic (exact) mass is 344 g/mol. The van der Waals surface area contributed by atoms with Crippen LogP contribution in [0.25, 0.3) is 0 Å². The molecule has 0 saturated carbocycles. The fraction of sp³-hybridized carbons (Fsp3) is 0.167. The normalized spacial score (nSPS) is 10.0. The van der Waals surface area contributed by atoms with Gasteiger partial charge in [0, 0.05) is 17.8 Å². The number of nitrogens with one attached hydrogen (secondary N) is 2. The molecule has 0 aliphatic rings. The van der Waals surface area contributed by atoms with Gasteiger partial charge in [-0.2, -0.15) is 0 Å². The summed E-state index contributed by atoms with van der Waals surface area (Å²) in [6.45, 7) is 1.72. The molecule has 2 N–H and O–H groups in total. The molecule has 0 aliphatic carbocycles. The second kappa shape index (κ2) is 8.58. The van der Waals surface area contributed by atoms with Gasteiger partial charge in [-0.05, 0) is 37.3 Å². The van der Waals surface area contributed by atoms with Gasteiger partial charge in [0.05, 0.1) is 5.56 Å². The van der Waals surface area contributed by atoms with Gasteiger partial charge in [0.15, 0.2) is 6.61 Å². The molecule has 0 saturated heterocycles. The fourth-order valence-corrected chi connectivity index (χ4v) is 2.03. The lowest BCUT2D eigenvalue weighted by Crippen LogP contribution is -2.23. The molecular weight excluding hydrogens is 327 g/mol. The van der Waals surface area contributed by atoms with Gasteiger partial charge in [-0.25, -0.2) is 9.18 Å². The van der Waals surface area contributed by atoms with Gasteiger partial charge in [0.1, 0.15) is 5.82 Å². The maximum absolute atomic E-state index is 13.5. The molecule has 6 nitrogen and oxygen atoms in total. The van der Waals surface area contributed by atoms with Gasteiger partial charge in [-0.15, -0.1) is 0 Å². The van der Waals surface area contributed by atoms with E-state index in [0.29, 0.717) is 17.8 Å². The lowest BCUT2D eigenvalue weighted by molar-refractivity contribution is -0.119. The van der Waals surface area contributed by atoms with Crippen molar-refractivity contribution in [2.24, 2.45) is 0 Å². The molecule has 0 radical (unpaired) electrons. The van der Waals surface area contributed by atoms with Crippen LogP contribution in [0.2, 0.25) is 0 Å². The smallest absolute Gasteiger partial charge is 0.341 e. The molecule has 2 rings (SSSR count). The molecule has 0 fully saturated rings. The third kappa shape index (κ3) is 5.13. The SMILES string of the molecule is CCNC(=O)c1cccc(NC(=O)COC(=O)c2ccccc2F)c1. The Morgan fingerprint density at radius 2 is 1.84 bits per heavy atom. The number of rotatable bonds is 6. The number of carbonyl (C=O) groups excluding carboxylic acids is 3. The number of benzene rings is 2. The van der Waals surface area contributed by atoms with Gasteiger partial charge in [-0.3, -0.25) is 9.59 Å². The lowest BCUT2D eigenvalue weighted by Gasteiger charge is -2.08. The number of halogens is 1. The minimum atomic E-state index is -0.927. The van der Waals surface area contributed by atoms with Crippen LogP contribution in [0.3, 0.4) is 0 Å². The highest BCUT2D eigenvalue weighted by atomic mass is 19.1. The van der Waals surface area contributed by atoms with Gasteiger partial charge in [0.25, 0.3) is 11.8 Å². The molecule has 0 aliphatic heterocycles.